The Bertz CT molecular complexity index is 728. The number of fused-ring (bicyclic) bond motifs is 3. The third-order valence-electron chi connectivity index (χ3n) is 4.20. The van der Waals surface area contributed by atoms with Gasteiger partial charge < -0.3 is 4.98 Å². The van der Waals surface area contributed by atoms with Crippen LogP contribution < -0.4 is 0 Å². The van der Waals surface area contributed by atoms with Crippen molar-refractivity contribution in [2.24, 2.45) is 5.92 Å². The second-order valence-electron chi connectivity index (χ2n) is 5.69. The van der Waals surface area contributed by atoms with Crippen LogP contribution in [0.15, 0.2) is 42.5 Å². The Hall–Kier alpha value is -1.28. The van der Waals surface area contributed by atoms with Gasteiger partial charge in [-0.15, -0.1) is 0 Å². The summed E-state index contributed by atoms with van der Waals surface area (Å²) in [5.41, 5.74) is 3.81. The third kappa shape index (κ3) is 2.49. The molecule has 1 heterocycles. The lowest BCUT2D eigenvalue weighted by atomic mass is 9.98. The maximum absolute atomic E-state index is 3.86. The molecule has 0 amide bonds. The molecule has 2 atom stereocenters. The van der Waals surface area contributed by atoms with Crippen LogP contribution in [-0.2, 0) is 0 Å². The van der Waals surface area contributed by atoms with Crippen LogP contribution in [0.3, 0.4) is 0 Å². The first-order valence-electron chi connectivity index (χ1n) is 7.33. The lowest BCUT2D eigenvalue weighted by Crippen LogP contribution is -1.98. The largest absolute Gasteiger partial charge is 0.355 e. The van der Waals surface area contributed by atoms with Crippen molar-refractivity contribution in [1.82, 2.24) is 4.98 Å². The fraction of sp³-hybridized carbons (Fsp3) is 0.333. The Labute approximate surface area is 128 Å². The molecule has 2 unspecified atom stereocenters. The minimum Gasteiger partial charge on any atom is -0.355 e. The number of hydrogen-bond acceptors (Lipinski definition) is 0. The van der Waals surface area contributed by atoms with E-state index >= 15 is 0 Å². The molecule has 0 saturated heterocycles. The van der Waals surface area contributed by atoms with Gasteiger partial charge in [0.1, 0.15) is 0 Å². The predicted octanol–water partition coefficient (Wildman–Crippen LogP) is 6.19. The van der Waals surface area contributed by atoms with Gasteiger partial charge in [0, 0.05) is 26.6 Å². The summed E-state index contributed by atoms with van der Waals surface area (Å²) in [5, 5.41) is 2.64. The van der Waals surface area contributed by atoms with Crippen molar-refractivity contribution in [3.63, 3.8) is 0 Å². The summed E-state index contributed by atoms with van der Waals surface area (Å²) < 4.78 is 0. The minimum atomic E-state index is 0.440. The van der Waals surface area contributed by atoms with Gasteiger partial charge in [0.05, 0.1) is 0 Å². The van der Waals surface area contributed by atoms with Gasteiger partial charge in [-0.2, -0.15) is 0 Å². The highest BCUT2D eigenvalue weighted by Crippen LogP contribution is 2.34. The molecule has 0 spiro atoms. The molecule has 0 saturated carbocycles. The van der Waals surface area contributed by atoms with Crippen molar-refractivity contribution in [2.45, 2.75) is 31.5 Å². The third-order valence-corrected chi connectivity index (χ3v) is 5.10. The van der Waals surface area contributed by atoms with E-state index in [9.17, 15) is 0 Å². The predicted molar refractivity (Wildman–Crippen MR) is 91.5 cm³/mol. The second-order valence-corrected chi connectivity index (χ2v) is 6.80. The van der Waals surface area contributed by atoms with E-state index in [2.05, 4.69) is 77.2 Å². The van der Waals surface area contributed by atoms with Gasteiger partial charge in [0.2, 0.25) is 0 Å². The molecule has 3 rings (SSSR count). The van der Waals surface area contributed by atoms with Crippen molar-refractivity contribution in [3.05, 3.63) is 48.0 Å². The number of aromatic nitrogens is 1. The molecule has 20 heavy (non-hydrogen) atoms. The summed E-state index contributed by atoms with van der Waals surface area (Å²) >= 11 is 3.86. The van der Waals surface area contributed by atoms with E-state index in [4.69, 9.17) is 0 Å². The van der Waals surface area contributed by atoms with Gasteiger partial charge in [0.25, 0.3) is 0 Å². The van der Waals surface area contributed by atoms with Crippen molar-refractivity contribution in [1.29, 1.82) is 0 Å². The molecule has 104 valence electrons. The first-order chi connectivity index (χ1) is 9.69. The Kier molecular flexibility index (Phi) is 3.84. The van der Waals surface area contributed by atoms with Crippen molar-refractivity contribution >= 4 is 37.7 Å². The first kappa shape index (κ1) is 13.7. The van der Waals surface area contributed by atoms with Crippen molar-refractivity contribution < 1.29 is 0 Å². The highest BCUT2D eigenvalue weighted by Gasteiger charge is 2.13. The van der Waals surface area contributed by atoms with Crippen LogP contribution >= 0.6 is 15.9 Å². The number of alkyl halides is 1. The van der Waals surface area contributed by atoms with E-state index in [1.807, 2.05) is 0 Å². The average molecular weight is 330 g/mol. The second kappa shape index (κ2) is 5.61. The smallest absolute Gasteiger partial charge is 0.0465 e. The quantitative estimate of drug-likeness (QED) is 0.549. The monoisotopic (exact) mass is 329 g/mol. The average Bonchev–Trinajstić information content (AvgIpc) is 2.84. The zero-order valence-corrected chi connectivity index (χ0v) is 13.6. The van der Waals surface area contributed by atoms with Crippen LogP contribution in [0.25, 0.3) is 21.8 Å². The standard InChI is InChI=1S/C18H20BrN/c1-3-12(2)10-16(19)13-8-9-18-15(11-13)14-6-4-5-7-17(14)20-18/h4-9,11-12,16,20H,3,10H2,1-2H3. The number of rotatable bonds is 4. The molecule has 1 aromatic heterocycles. The normalized spacial score (nSPS) is 14.8. The Morgan fingerprint density at radius 3 is 2.60 bits per heavy atom. The number of halogens is 1. The van der Waals surface area contributed by atoms with Crippen LogP contribution in [0.4, 0.5) is 0 Å². The van der Waals surface area contributed by atoms with E-state index in [0.717, 1.165) is 5.92 Å². The first-order valence-corrected chi connectivity index (χ1v) is 8.25. The van der Waals surface area contributed by atoms with Crippen LogP contribution in [0.2, 0.25) is 0 Å². The van der Waals surface area contributed by atoms with Crippen LogP contribution in [0.5, 0.6) is 0 Å². The fourth-order valence-corrected chi connectivity index (χ4v) is 3.64. The lowest BCUT2D eigenvalue weighted by Gasteiger charge is -2.14. The summed E-state index contributed by atoms with van der Waals surface area (Å²) in [7, 11) is 0. The maximum atomic E-state index is 3.86. The molecule has 2 aromatic carbocycles. The van der Waals surface area contributed by atoms with E-state index in [1.54, 1.807) is 0 Å². The molecule has 1 nitrogen and oxygen atoms in total. The van der Waals surface area contributed by atoms with Crippen molar-refractivity contribution in [2.75, 3.05) is 0 Å². The lowest BCUT2D eigenvalue weighted by molar-refractivity contribution is 0.514. The fourth-order valence-electron chi connectivity index (χ4n) is 2.72. The molecule has 0 bridgehead atoms. The van der Waals surface area contributed by atoms with Crippen molar-refractivity contribution in [3.8, 4) is 0 Å². The van der Waals surface area contributed by atoms with Crippen LogP contribution in [0.1, 0.15) is 37.1 Å². The summed E-state index contributed by atoms with van der Waals surface area (Å²) in [4.78, 5) is 3.92. The zero-order valence-electron chi connectivity index (χ0n) is 12.0. The molecule has 0 aliphatic rings. The molecular formula is C18H20BrN. The summed E-state index contributed by atoms with van der Waals surface area (Å²) in [6.45, 7) is 4.58. The molecular weight excluding hydrogens is 310 g/mol. The SMILES string of the molecule is CCC(C)CC(Br)c1ccc2[nH]c3ccccc3c2c1. The van der Waals surface area contributed by atoms with Gasteiger partial charge in [-0.05, 0) is 36.1 Å². The highest BCUT2D eigenvalue weighted by atomic mass is 79.9. The molecule has 0 aliphatic carbocycles. The van der Waals surface area contributed by atoms with Gasteiger partial charge in [-0.1, -0.05) is 60.5 Å². The number of aromatic amines is 1. The Balaban J connectivity index is 2.03. The number of nitrogens with one attached hydrogen (secondary N) is 1. The Morgan fingerprint density at radius 1 is 1.05 bits per heavy atom. The van der Waals surface area contributed by atoms with Gasteiger partial charge >= 0.3 is 0 Å². The molecule has 0 radical (unpaired) electrons. The summed E-state index contributed by atoms with van der Waals surface area (Å²) in [6, 6.07) is 15.3. The number of para-hydroxylation sites is 1. The van der Waals surface area contributed by atoms with Crippen LogP contribution in [-0.4, -0.2) is 4.98 Å². The van der Waals surface area contributed by atoms with E-state index in [0.29, 0.717) is 4.83 Å². The minimum absolute atomic E-state index is 0.440. The summed E-state index contributed by atoms with van der Waals surface area (Å²) in [6.07, 6.45) is 2.42. The van der Waals surface area contributed by atoms with E-state index < -0.39 is 0 Å². The molecule has 0 aliphatic heterocycles. The molecule has 0 fully saturated rings. The number of H-pyrrole nitrogens is 1. The summed E-state index contributed by atoms with van der Waals surface area (Å²) in [5.74, 6) is 0.748. The molecule has 1 N–H and O–H groups in total. The molecule has 2 heteroatoms. The Morgan fingerprint density at radius 2 is 1.80 bits per heavy atom. The maximum Gasteiger partial charge on any atom is 0.0465 e. The van der Waals surface area contributed by atoms with Gasteiger partial charge in [0.15, 0.2) is 0 Å². The number of hydrogen-bond donors (Lipinski definition) is 1. The zero-order chi connectivity index (χ0) is 14.1. The van der Waals surface area contributed by atoms with E-state index in [-0.39, 0.29) is 0 Å². The number of benzene rings is 2. The van der Waals surface area contributed by atoms with Gasteiger partial charge in [-0.3, -0.25) is 0 Å². The highest BCUT2D eigenvalue weighted by molar-refractivity contribution is 9.09. The van der Waals surface area contributed by atoms with Crippen LogP contribution in [0, 0.1) is 5.92 Å². The topological polar surface area (TPSA) is 15.8 Å². The van der Waals surface area contributed by atoms with Gasteiger partial charge in [-0.25, -0.2) is 0 Å². The van der Waals surface area contributed by atoms with E-state index in [1.165, 1.54) is 40.2 Å². The molecule has 3 aromatic rings.